The summed E-state index contributed by atoms with van der Waals surface area (Å²) >= 11 is 0. The molecule has 23 heavy (non-hydrogen) atoms. The minimum atomic E-state index is 0.251. The highest BCUT2D eigenvalue weighted by atomic mass is 16.7. The predicted molar refractivity (Wildman–Crippen MR) is 90.1 cm³/mol. The highest BCUT2D eigenvalue weighted by molar-refractivity contribution is 6.14. The second-order valence-corrected chi connectivity index (χ2v) is 6.13. The van der Waals surface area contributed by atoms with Crippen LogP contribution in [0, 0.1) is 6.92 Å². The van der Waals surface area contributed by atoms with E-state index in [0.29, 0.717) is 0 Å². The van der Waals surface area contributed by atoms with Crippen molar-refractivity contribution < 1.29 is 9.47 Å². The van der Waals surface area contributed by atoms with Crippen LogP contribution >= 0.6 is 0 Å². The van der Waals surface area contributed by atoms with Crippen LogP contribution in [0.4, 0.5) is 5.69 Å². The topological polar surface area (TPSA) is 68.9 Å². The lowest BCUT2D eigenvalue weighted by Gasteiger charge is -2.12. The van der Waals surface area contributed by atoms with Gasteiger partial charge in [0, 0.05) is 22.9 Å². The van der Waals surface area contributed by atoms with Crippen molar-refractivity contribution in [2.45, 2.75) is 26.3 Å². The van der Waals surface area contributed by atoms with Crippen LogP contribution in [-0.4, -0.2) is 18.5 Å². The molecule has 0 aromatic heterocycles. The largest absolute Gasteiger partial charge is 0.454 e. The molecule has 0 saturated heterocycles. The Bertz CT molecular complexity index is 814. The summed E-state index contributed by atoms with van der Waals surface area (Å²) in [7, 11) is 0. The summed E-state index contributed by atoms with van der Waals surface area (Å²) in [6.45, 7) is 4.40. The van der Waals surface area contributed by atoms with Crippen molar-refractivity contribution in [3.8, 4) is 11.5 Å². The summed E-state index contributed by atoms with van der Waals surface area (Å²) < 4.78 is 11.1. The maximum atomic E-state index is 5.95. The summed E-state index contributed by atoms with van der Waals surface area (Å²) in [5, 5.41) is 4.64. The Morgan fingerprint density at radius 3 is 2.74 bits per heavy atom. The minimum Gasteiger partial charge on any atom is -0.454 e. The number of ether oxygens (including phenoxy) is 2. The molecule has 0 bridgehead atoms. The monoisotopic (exact) mass is 309 g/mol. The predicted octanol–water partition coefficient (Wildman–Crippen LogP) is 2.59. The smallest absolute Gasteiger partial charge is 0.231 e. The summed E-state index contributed by atoms with van der Waals surface area (Å²) in [6.07, 6.45) is 0.882. The molecule has 0 fully saturated rings. The van der Waals surface area contributed by atoms with Gasteiger partial charge in [0.1, 0.15) is 0 Å². The lowest BCUT2D eigenvalue weighted by Crippen LogP contribution is -2.22. The molecule has 2 aliphatic heterocycles. The van der Waals surface area contributed by atoms with Crippen molar-refractivity contribution >= 4 is 11.4 Å². The average Bonchev–Trinajstić information content (AvgIpc) is 2.91. The number of benzene rings is 2. The lowest BCUT2D eigenvalue weighted by atomic mass is 9.93. The Balaban J connectivity index is 1.88. The summed E-state index contributed by atoms with van der Waals surface area (Å²) in [6, 6.07) is 10.4. The van der Waals surface area contributed by atoms with Gasteiger partial charge in [0.15, 0.2) is 11.5 Å². The SMILES string of the molecule is Cc1cc(C2=NNC(C)Cc3cc4c(cc32)OCO4)ccc1N. The van der Waals surface area contributed by atoms with Gasteiger partial charge in [-0.05, 0) is 55.7 Å². The van der Waals surface area contributed by atoms with Crippen molar-refractivity contribution in [1.29, 1.82) is 0 Å². The standard InChI is InChI=1S/C18H19N3O2/c1-10-5-12(3-4-15(10)19)18-14-8-17-16(22-9-23-17)7-13(14)6-11(2)20-21-18/h3-5,7-8,11,20H,6,9,19H2,1-2H3. The van der Waals surface area contributed by atoms with Gasteiger partial charge in [0.2, 0.25) is 6.79 Å². The van der Waals surface area contributed by atoms with Crippen LogP contribution in [0.1, 0.15) is 29.2 Å². The number of nitrogens with zero attached hydrogens (tertiary/aromatic N) is 1. The second-order valence-electron chi connectivity index (χ2n) is 6.13. The number of nitrogens with two attached hydrogens (primary N) is 1. The van der Waals surface area contributed by atoms with Crippen LogP contribution in [0.2, 0.25) is 0 Å². The molecule has 2 aromatic carbocycles. The Morgan fingerprint density at radius 2 is 1.96 bits per heavy atom. The first kappa shape index (κ1) is 13.9. The maximum Gasteiger partial charge on any atom is 0.231 e. The van der Waals surface area contributed by atoms with Crippen LogP contribution in [0.25, 0.3) is 0 Å². The molecule has 118 valence electrons. The molecule has 1 atom stereocenters. The van der Waals surface area contributed by atoms with Gasteiger partial charge in [-0.15, -0.1) is 0 Å². The van der Waals surface area contributed by atoms with Gasteiger partial charge in [-0.2, -0.15) is 5.10 Å². The molecule has 5 nitrogen and oxygen atoms in total. The first-order chi connectivity index (χ1) is 11.1. The number of nitrogens with one attached hydrogen (secondary N) is 1. The van der Waals surface area contributed by atoms with Gasteiger partial charge in [-0.1, -0.05) is 6.07 Å². The van der Waals surface area contributed by atoms with E-state index in [-0.39, 0.29) is 12.8 Å². The fourth-order valence-corrected chi connectivity index (χ4v) is 3.03. The summed E-state index contributed by atoms with van der Waals surface area (Å²) in [5.41, 5.74) is 15.2. The van der Waals surface area contributed by atoms with E-state index >= 15 is 0 Å². The molecule has 1 unspecified atom stereocenters. The first-order valence-corrected chi connectivity index (χ1v) is 7.74. The van der Waals surface area contributed by atoms with E-state index in [1.165, 1.54) is 5.56 Å². The Kier molecular flexibility index (Phi) is 3.15. The molecule has 3 N–H and O–H groups in total. The molecule has 2 heterocycles. The number of hydrogen-bond donors (Lipinski definition) is 2. The molecule has 0 spiro atoms. The van der Waals surface area contributed by atoms with Crippen LogP contribution in [-0.2, 0) is 6.42 Å². The molecular formula is C18H19N3O2. The molecular weight excluding hydrogens is 290 g/mol. The molecule has 2 aromatic rings. The molecule has 5 heteroatoms. The minimum absolute atomic E-state index is 0.251. The summed E-state index contributed by atoms with van der Waals surface area (Å²) in [5.74, 6) is 1.59. The van der Waals surface area contributed by atoms with Crippen molar-refractivity contribution in [3.05, 3.63) is 52.6 Å². The number of hydrazone groups is 1. The number of rotatable bonds is 1. The third-order valence-electron chi connectivity index (χ3n) is 4.32. The number of anilines is 1. The highest BCUT2D eigenvalue weighted by Crippen LogP contribution is 2.37. The van der Waals surface area contributed by atoms with Gasteiger partial charge in [-0.3, -0.25) is 0 Å². The summed E-state index contributed by atoms with van der Waals surface area (Å²) in [4.78, 5) is 0. The van der Waals surface area contributed by atoms with E-state index in [1.54, 1.807) is 0 Å². The van der Waals surface area contributed by atoms with E-state index in [0.717, 1.165) is 46.0 Å². The zero-order chi connectivity index (χ0) is 16.0. The Morgan fingerprint density at radius 1 is 1.17 bits per heavy atom. The molecule has 0 saturated carbocycles. The quantitative estimate of drug-likeness (QED) is 0.795. The molecule has 0 aliphatic carbocycles. The average molecular weight is 309 g/mol. The molecule has 0 radical (unpaired) electrons. The number of hydrogen-bond acceptors (Lipinski definition) is 5. The third-order valence-corrected chi connectivity index (χ3v) is 4.32. The maximum absolute atomic E-state index is 5.95. The van der Waals surface area contributed by atoms with E-state index in [9.17, 15) is 0 Å². The second kappa shape index (κ2) is 5.19. The highest BCUT2D eigenvalue weighted by Gasteiger charge is 2.24. The van der Waals surface area contributed by atoms with Crippen molar-refractivity contribution in [2.24, 2.45) is 5.10 Å². The van der Waals surface area contributed by atoms with E-state index < -0.39 is 0 Å². The molecule has 2 aliphatic rings. The van der Waals surface area contributed by atoms with Crippen LogP contribution < -0.4 is 20.6 Å². The first-order valence-electron chi connectivity index (χ1n) is 7.74. The molecule has 0 amide bonds. The van der Waals surface area contributed by atoms with Crippen molar-refractivity contribution in [2.75, 3.05) is 12.5 Å². The van der Waals surface area contributed by atoms with Gasteiger partial charge in [-0.25, -0.2) is 0 Å². The van der Waals surface area contributed by atoms with E-state index in [1.807, 2.05) is 25.1 Å². The zero-order valence-corrected chi connectivity index (χ0v) is 13.2. The lowest BCUT2D eigenvalue weighted by molar-refractivity contribution is 0.174. The van der Waals surface area contributed by atoms with Gasteiger partial charge >= 0.3 is 0 Å². The van der Waals surface area contributed by atoms with Crippen LogP contribution in [0.15, 0.2) is 35.4 Å². The number of aryl methyl sites for hydroxylation is 1. The van der Waals surface area contributed by atoms with Gasteiger partial charge in [0.05, 0.1) is 5.71 Å². The van der Waals surface area contributed by atoms with E-state index in [2.05, 4.69) is 29.6 Å². The fraction of sp³-hybridized carbons (Fsp3) is 0.278. The van der Waals surface area contributed by atoms with Crippen LogP contribution in [0.5, 0.6) is 11.5 Å². The number of fused-ring (bicyclic) bond motifs is 2. The Hall–Kier alpha value is -2.69. The molecule has 4 rings (SSSR count). The fourth-order valence-electron chi connectivity index (χ4n) is 3.03. The van der Waals surface area contributed by atoms with E-state index in [4.69, 9.17) is 15.2 Å². The van der Waals surface area contributed by atoms with Crippen molar-refractivity contribution in [1.82, 2.24) is 5.43 Å². The van der Waals surface area contributed by atoms with Crippen molar-refractivity contribution in [3.63, 3.8) is 0 Å². The van der Waals surface area contributed by atoms with Gasteiger partial charge < -0.3 is 20.6 Å². The number of nitrogen functional groups attached to an aromatic ring is 1. The Labute approximate surface area is 135 Å². The van der Waals surface area contributed by atoms with Crippen LogP contribution in [0.3, 0.4) is 0 Å². The zero-order valence-electron chi connectivity index (χ0n) is 13.2. The normalized spacial score (nSPS) is 18.7. The third kappa shape index (κ3) is 2.38. The van der Waals surface area contributed by atoms with Gasteiger partial charge in [0.25, 0.3) is 0 Å².